The quantitative estimate of drug-likeness (QED) is 0.725. The zero-order valence-corrected chi connectivity index (χ0v) is 13.3. The van der Waals surface area contributed by atoms with Gasteiger partial charge in [-0.3, -0.25) is 0 Å². The summed E-state index contributed by atoms with van der Waals surface area (Å²) < 4.78 is 2.64. The molecule has 0 atom stereocenters. The predicted octanol–water partition coefficient (Wildman–Crippen LogP) is 3.29. The number of halogens is 1. The Morgan fingerprint density at radius 3 is 2.71 bits per heavy atom. The first kappa shape index (κ1) is 13.8. The van der Waals surface area contributed by atoms with Crippen LogP contribution < -0.4 is 5.73 Å². The van der Waals surface area contributed by atoms with Crippen LogP contribution in [0.1, 0.15) is 11.1 Å². The topological polar surface area (TPSA) is 69.6 Å². The van der Waals surface area contributed by atoms with Gasteiger partial charge in [-0.2, -0.15) is 4.68 Å². The molecular formula is C15H14BrN5. The highest BCUT2D eigenvalue weighted by Gasteiger charge is 2.14. The van der Waals surface area contributed by atoms with E-state index < -0.39 is 0 Å². The van der Waals surface area contributed by atoms with E-state index >= 15 is 0 Å². The van der Waals surface area contributed by atoms with Crippen molar-refractivity contribution in [3.05, 3.63) is 52.0 Å². The van der Waals surface area contributed by atoms with E-state index in [1.165, 1.54) is 5.56 Å². The lowest BCUT2D eigenvalue weighted by Crippen LogP contribution is -2.03. The number of aromatic nitrogens is 4. The van der Waals surface area contributed by atoms with Crippen molar-refractivity contribution < 1.29 is 0 Å². The molecule has 0 aliphatic rings. The van der Waals surface area contributed by atoms with E-state index in [0.29, 0.717) is 11.5 Å². The molecule has 0 fully saturated rings. The maximum Gasteiger partial charge on any atom is 0.187 e. The molecule has 3 rings (SSSR count). The summed E-state index contributed by atoms with van der Waals surface area (Å²) in [5, 5.41) is 12.1. The Morgan fingerprint density at radius 2 is 1.95 bits per heavy atom. The van der Waals surface area contributed by atoms with Gasteiger partial charge in [0.25, 0.3) is 0 Å². The Labute approximate surface area is 130 Å². The largest absolute Gasteiger partial charge is 0.399 e. The Balaban J connectivity index is 2.19. The third-order valence-electron chi connectivity index (χ3n) is 3.45. The van der Waals surface area contributed by atoms with Crippen LogP contribution in [0.25, 0.3) is 17.1 Å². The summed E-state index contributed by atoms with van der Waals surface area (Å²) in [5.74, 6) is 0.664. The van der Waals surface area contributed by atoms with Gasteiger partial charge in [-0.05, 0) is 59.7 Å². The van der Waals surface area contributed by atoms with Crippen LogP contribution in [0.15, 0.2) is 40.9 Å². The van der Waals surface area contributed by atoms with Gasteiger partial charge in [0.1, 0.15) is 0 Å². The molecule has 6 heteroatoms. The second-order valence-electron chi connectivity index (χ2n) is 4.91. The lowest BCUT2D eigenvalue weighted by molar-refractivity contribution is 0.786. The molecular weight excluding hydrogens is 330 g/mol. The average molecular weight is 344 g/mol. The Bertz CT molecular complexity index is 789. The van der Waals surface area contributed by atoms with Crippen molar-refractivity contribution in [1.82, 2.24) is 20.2 Å². The third kappa shape index (κ3) is 2.54. The summed E-state index contributed by atoms with van der Waals surface area (Å²) in [6.45, 7) is 4.13. The van der Waals surface area contributed by atoms with Gasteiger partial charge in [0, 0.05) is 15.7 Å². The maximum atomic E-state index is 5.90. The fourth-order valence-electron chi connectivity index (χ4n) is 2.24. The van der Waals surface area contributed by atoms with Crippen LogP contribution in [0.5, 0.6) is 0 Å². The van der Waals surface area contributed by atoms with E-state index in [0.717, 1.165) is 21.3 Å². The fraction of sp³-hybridized carbons (Fsp3) is 0.133. The summed E-state index contributed by atoms with van der Waals surface area (Å²) in [7, 11) is 0. The summed E-state index contributed by atoms with van der Waals surface area (Å²) in [5.41, 5.74) is 10.7. The summed E-state index contributed by atoms with van der Waals surface area (Å²) in [6, 6.07) is 11.7. The smallest absolute Gasteiger partial charge is 0.187 e. The number of nitrogens with two attached hydrogens (primary N) is 1. The maximum absolute atomic E-state index is 5.90. The number of hydrogen-bond acceptors (Lipinski definition) is 4. The second-order valence-corrected chi connectivity index (χ2v) is 5.82. The fourth-order valence-corrected chi connectivity index (χ4v) is 2.75. The van der Waals surface area contributed by atoms with Crippen molar-refractivity contribution in [1.29, 1.82) is 0 Å². The van der Waals surface area contributed by atoms with Crippen molar-refractivity contribution in [3.63, 3.8) is 0 Å². The molecule has 3 aromatic rings. The van der Waals surface area contributed by atoms with E-state index in [-0.39, 0.29) is 0 Å². The van der Waals surface area contributed by atoms with Gasteiger partial charge in [0.2, 0.25) is 0 Å². The van der Waals surface area contributed by atoms with Crippen molar-refractivity contribution in [2.24, 2.45) is 0 Å². The van der Waals surface area contributed by atoms with Crippen molar-refractivity contribution in [2.75, 3.05) is 5.73 Å². The molecule has 0 unspecified atom stereocenters. The van der Waals surface area contributed by atoms with Crippen molar-refractivity contribution in [3.8, 4) is 17.1 Å². The highest BCUT2D eigenvalue weighted by Crippen LogP contribution is 2.27. The Morgan fingerprint density at radius 1 is 1.14 bits per heavy atom. The standard InChI is InChI=1S/C15H14BrN5/c1-9-4-3-5-14(10(9)2)21-15(18-19-20-21)11-6-12(16)8-13(17)7-11/h3-8H,17H2,1-2H3. The zero-order chi connectivity index (χ0) is 15.0. The van der Waals surface area contributed by atoms with E-state index in [2.05, 4.69) is 51.4 Å². The molecule has 0 amide bonds. The van der Waals surface area contributed by atoms with Gasteiger partial charge >= 0.3 is 0 Å². The SMILES string of the molecule is Cc1cccc(-n2nnnc2-c2cc(N)cc(Br)c2)c1C. The minimum Gasteiger partial charge on any atom is -0.399 e. The van der Waals surface area contributed by atoms with Crippen molar-refractivity contribution >= 4 is 21.6 Å². The van der Waals surface area contributed by atoms with E-state index in [1.54, 1.807) is 4.68 Å². The lowest BCUT2D eigenvalue weighted by atomic mass is 10.1. The van der Waals surface area contributed by atoms with E-state index in [4.69, 9.17) is 5.73 Å². The molecule has 21 heavy (non-hydrogen) atoms. The minimum atomic E-state index is 0.662. The molecule has 0 bridgehead atoms. The van der Waals surface area contributed by atoms with Gasteiger partial charge in [-0.15, -0.1) is 5.10 Å². The number of benzene rings is 2. The molecule has 1 heterocycles. The number of anilines is 1. The first-order valence-electron chi connectivity index (χ1n) is 6.47. The number of hydrogen-bond donors (Lipinski definition) is 1. The Hall–Kier alpha value is -2.21. The molecule has 2 aromatic carbocycles. The highest BCUT2D eigenvalue weighted by atomic mass is 79.9. The lowest BCUT2D eigenvalue weighted by Gasteiger charge is -2.10. The van der Waals surface area contributed by atoms with Gasteiger partial charge in [0.05, 0.1) is 5.69 Å². The molecule has 106 valence electrons. The first-order valence-corrected chi connectivity index (χ1v) is 7.27. The van der Waals surface area contributed by atoms with Gasteiger partial charge < -0.3 is 5.73 Å². The summed E-state index contributed by atoms with van der Waals surface area (Å²) in [6.07, 6.45) is 0. The number of nitrogen functional groups attached to an aromatic ring is 1. The summed E-state index contributed by atoms with van der Waals surface area (Å²) in [4.78, 5) is 0. The molecule has 1 aromatic heterocycles. The van der Waals surface area contributed by atoms with Crippen LogP contribution >= 0.6 is 15.9 Å². The summed E-state index contributed by atoms with van der Waals surface area (Å²) >= 11 is 3.45. The second kappa shape index (κ2) is 5.29. The average Bonchev–Trinajstić information content (AvgIpc) is 2.90. The van der Waals surface area contributed by atoms with Gasteiger partial charge in [-0.25, -0.2) is 0 Å². The molecule has 5 nitrogen and oxygen atoms in total. The normalized spacial score (nSPS) is 10.8. The number of aryl methyl sites for hydroxylation is 1. The monoisotopic (exact) mass is 343 g/mol. The van der Waals surface area contributed by atoms with Crippen LogP contribution in [0.4, 0.5) is 5.69 Å². The minimum absolute atomic E-state index is 0.662. The van der Waals surface area contributed by atoms with Crippen LogP contribution in [-0.2, 0) is 0 Å². The third-order valence-corrected chi connectivity index (χ3v) is 3.91. The number of tetrazole rings is 1. The molecule has 2 N–H and O–H groups in total. The first-order chi connectivity index (χ1) is 10.1. The van der Waals surface area contributed by atoms with Crippen LogP contribution in [0.3, 0.4) is 0 Å². The Kier molecular flexibility index (Phi) is 3.47. The molecule has 0 spiro atoms. The van der Waals surface area contributed by atoms with Crippen molar-refractivity contribution in [2.45, 2.75) is 13.8 Å². The molecule has 0 aliphatic heterocycles. The predicted molar refractivity (Wildman–Crippen MR) is 86.2 cm³/mol. The molecule has 0 saturated heterocycles. The van der Waals surface area contributed by atoms with Crippen LogP contribution in [0.2, 0.25) is 0 Å². The number of nitrogens with zero attached hydrogens (tertiary/aromatic N) is 4. The number of rotatable bonds is 2. The highest BCUT2D eigenvalue weighted by molar-refractivity contribution is 9.10. The zero-order valence-electron chi connectivity index (χ0n) is 11.7. The molecule has 0 aliphatic carbocycles. The van der Waals surface area contributed by atoms with E-state index in [1.807, 2.05) is 30.3 Å². The van der Waals surface area contributed by atoms with Crippen LogP contribution in [0, 0.1) is 13.8 Å². The molecule has 0 saturated carbocycles. The van der Waals surface area contributed by atoms with Gasteiger partial charge in [-0.1, -0.05) is 28.1 Å². The van der Waals surface area contributed by atoms with Gasteiger partial charge in [0.15, 0.2) is 5.82 Å². The van der Waals surface area contributed by atoms with Crippen LogP contribution in [-0.4, -0.2) is 20.2 Å². The molecule has 0 radical (unpaired) electrons. The van der Waals surface area contributed by atoms with E-state index in [9.17, 15) is 0 Å².